The molecule has 0 unspecified atom stereocenters. The van der Waals surface area contributed by atoms with E-state index in [4.69, 9.17) is 4.98 Å². The van der Waals surface area contributed by atoms with Crippen LogP contribution in [0.4, 0.5) is 5.69 Å². The lowest BCUT2D eigenvalue weighted by atomic mass is 9.88. The molecular weight excluding hydrogens is 763 g/mol. The van der Waals surface area contributed by atoms with E-state index in [1.165, 1.54) is 14.8 Å². The van der Waals surface area contributed by atoms with Gasteiger partial charge in [-0.15, -0.1) is 11.3 Å². The van der Waals surface area contributed by atoms with Crippen molar-refractivity contribution in [2.75, 3.05) is 0 Å². The van der Waals surface area contributed by atoms with Crippen LogP contribution in [0.15, 0.2) is 176 Å². The maximum absolute atomic E-state index is 11.8. The van der Waals surface area contributed by atoms with Gasteiger partial charge in [-0.1, -0.05) is 140 Å². The summed E-state index contributed by atoms with van der Waals surface area (Å²) in [6, 6.07) is 61.8. The number of thiophene rings is 1. The summed E-state index contributed by atoms with van der Waals surface area (Å²) in [5, 5.41) is 21.8. The van der Waals surface area contributed by atoms with Crippen LogP contribution in [0.1, 0.15) is 5.56 Å². The normalized spacial score (nSPS) is 11.9. The smallest absolute Gasteiger partial charge is 0.220 e. The zero-order valence-corrected chi connectivity index (χ0v) is 33.2. The lowest BCUT2D eigenvalue weighted by Gasteiger charge is -2.26. The van der Waals surface area contributed by atoms with Crippen molar-refractivity contribution in [1.82, 2.24) is 14.1 Å². The number of nitriles is 1. The van der Waals surface area contributed by atoms with Crippen molar-refractivity contribution in [1.29, 1.82) is 5.26 Å². The predicted octanol–water partition coefficient (Wildman–Crippen LogP) is 15.1. The Hall–Kier alpha value is -8.29. The Morgan fingerprint density at radius 3 is 1.90 bits per heavy atom. The Bertz CT molecular complexity index is 3980. The summed E-state index contributed by atoms with van der Waals surface area (Å²) < 4.78 is 7.02. The third-order valence-corrected chi connectivity index (χ3v) is 13.7. The highest BCUT2D eigenvalue weighted by molar-refractivity contribution is 7.26. The molecule has 9 aromatic carbocycles. The van der Waals surface area contributed by atoms with Gasteiger partial charge in [0.15, 0.2) is 0 Å². The van der Waals surface area contributed by atoms with Crippen molar-refractivity contribution < 1.29 is 0 Å². The summed E-state index contributed by atoms with van der Waals surface area (Å²) in [4.78, 5) is 9.54. The van der Waals surface area contributed by atoms with E-state index in [0.29, 0.717) is 16.8 Å². The van der Waals surface area contributed by atoms with Crippen LogP contribution in [-0.2, 0) is 0 Å². The summed E-state index contributed by atoms with van der Waals surface area (Å²) >= 11 is 1.79. The molecule has 0 amide bonds. The Balaban J connectivity index is 1.35. The first-order valence-corrected chi connectivity index (χ1v) is 21.0. The zero-order valence-electron chi connectivity index (χ0n) is 32.4. The molecule has 0 fully saturated rings. The van der Waals surface area contributed by atoms with Crippen LogP contribution in [0.3, 0.4) is 0 Å². The number of benzene rings is 9. The fourth-order valence-electron chi connectivity index (χ4n) is 10.2. The fourth-order valence-corrected chi connectivity index (χ4v) is 11.3. The second kappa shape index (κ2) is 12.6. The van der Waals surface area contributed by atoms with Gasteiger partial charge in [0.05, 0.1) is 51.1 Å². The molecule has 0 aliphatic heterocycles. The largest absolute Gasteiger partial charge is 0.318 e. The lowest BCUT2D eigenvalue weighted by molar-refractivity contribution is 1.14. The minimum absolute atomic E-state index is 0.413. The van der Waals surface area contributed by atoms with Crippen LogP contribution in [0, 0.1) is 17.9 Å². The Morgan fingerprint density at radius 2 is 1.13 bits per heavy atom. The van der Waals surface area contributed by atoms with Crippen molar-refractivity contribution in [3.63, 3.8) is 0 Å². The topological polar surface area (TPSA) is 50.9 Å². The maximum Gasteiger partial charge on any atom is 0.220 e. The molecule has 0 aliphatic rings. The van der Waals surface area contributed by atoms with Crippen molar-refractivity contribution in [2.45, 2.75) is 0 Å². The molecule has 6 heteroatoms. The van der Waals surface area contributed by atoms with Crippen molar-refractivity contribution in [2.24, 2.45) is 0 Å². The number of pyridine rings is 1. The van der Waals surface area contributed by atoms with Crippen LogP contribution in [-0.4, -0.2) is 14.1 Å². The molecule has 61 heavy (non-hydrogen) atoms. The average Bonchev–Trinajstić information content (AvgIpc) is 3.99. The van der Waals surface area contributed by atoms with E-state index in [-0.39, 0.29) is 0 Å². The minimum Gasteiger partial charge on any atom is -0.318 e. The van der Waals surface area contributed by atoms with Crippen molar-refractivity contribution in [3.8, 4) is 39.7 Å². The van der Waals surface area contributed by atoms with E-state index < -0.39 is 0 Å². The molecule has 0 radical (unpaired) electrons. The van der Waals surface area contributed by atoms with Gasteiger partial charge in [-0.3, -0.25) is 4.98 Å². The number of para-hydroxylation sites is 1. The van der Waals surface area contributed by atoms with E-state index in [1.54, 1.807) is 11.3 Å². The van der Waals surface area contributed by atoms with Crippen LogP contribution in [0.2, 0.25) is 0 Å². The van der Waals surface area contributed by atoms with E-state index >= 15 is 0 Å². The quantitative estimate of drug-likeness (QED) is 0.132. The number of hydrogen-bond donors (Lipinski definition) is 0. The van der Waals surface area contributed by atoms with Gasteiger partial charge in [0.1, 0.15) is 6.07 Å². The van der Waals surface area contributed by atoms with Crippen LogP contribution < -0.4 is 0 Å². The van der Waals surface area contributed by atoms with Gasteiger partial charge >= 0.3 is 0 Å². The molecular formula is C55H29N5S. The van der Waals surface area contributed by atoms with E-state index in [0.717, 1.165) is 98.7 Å². The predicted molar refractivity (Wildman–Crippen MR) is 254 cm³/mol. The summed E-state index contributed by atoms with van der Waals surface area (Å²) in [6.07, 6.45) is 1.89. The first-order valence-electron chi connectivity index (χ1n) is 20.2. The zero-order chi connectivity index (χ0) is 40.3. The molecule has 0 aliphatic carbocycles. The maximum atomic E-state index is 11.8. The SMILES string of the molecule is [C-]#[N+]c1c(-c2ccccc2)c(C#N)c(-n2c3ccccc3c3ccc4sc5ccccc5c4c32)c(-c2ccccc2)c1-n1c2cccc3c4ccccc4c4nccc1c4c32. The first kappa shape index (κ1) is 33.7. The molecule has 4 heterocycles. The Kier molecular flexibility index (Phi) is 6.96. The second-order valence-electron chi connectivity index (χ2n) is 15.5. The minimum atomic E-state index is 0.413. The van der Waals surface area contributed by atoms with Gasteiger partial charge in [-0.05, 0) is 52.2 Å². The van der Waals surface area contributed by atoms with Crippen LogP contribution >= 0.6 is 11.3 Å². The number of rotatable bonds is 4. The van der Waals surface area contributed by atoms with E-state index in [1.807, 2.05) is 54.7 Å². The molecule has 13 aromatic rings. The standard InChI is InChI=1S/C55H29N5S/c1-57-52-46(32-15-4-2-5-16-32)40(31-56)54(60-41-24-12-10-20-35(41)38-27-28-45-49(53(38)60)39-22-11-13-26-44(39)61-45)47(33-17-6-3-7-18-33)55(52)59-42-25-14-23-36-34-19-8-9-21-37(34)51-50(48(36)42)43(59)29-30-58-51/h2-30H. The second-order valence-corrected chi connectivity index (χ2v) is 16.6. The molecule has 4 aromatic heterocycles. The highest BCUT2D eigenvalue weighted by Crippen LogP contribution is 2.54. The van der Waals surface area contributed by atoms with E-state index in [2.05, 4.69) is 141 Å². The first-order chi connectivity index (χ1) is 30.2. The molecule has 0 saturated heterocycles. The summed E-state index contributed by atoms with van der Waals surface area (Å²) in [6.45, 7) is 9.20. The number of nitrogens with zero attached hydrogens (tertiary/aromatic N) is 5. The van der Waals surface area contributed by atoms with Crippen LogP contribution in [0.25, 0.3) is 124 Å². The Labute approximate surface area is 353 Å². The van der Waals surface area contributed by atoms with Gasteiger partial charge < -0.3 is 9.13 Å². The lowest BCUT2D eigenvalue weighted by Crippen LogP contribution is -2.09. The van der Waals surface area contributed by atoms with Gasteiger partial charge in [0.25, 0.3) is 0 Å². The van der Waals surface area contributed by atoms with Gasteiger partial charge in [-0.2, -0.15) is 5.26 Å². The highest BCUT2D eigenvalue weighted by Gasteiger charge is 2.33. The number of fused-ring (bicyclic) bond motifs is 10. The summed E-state index contributed by atoms with van der Waals surface area (Å²) in [7, 11) is 0. The highest BCUT2D eigenvalue weighted by atomic mass is 32.1. The van der Waals surface area contributed by atoms with Gasteiger partial charge in [0.2, 0.25) is 5.69 Å². The van der Waals surface area contributed by atoms with Gasteiger partial charge in [-0.25, -0.2) is 4.85 Å². The monoisotopic (exact) mass is 791 g/mol. The molecule has 280 valence electrons. The van der Waals surface area contributed by atoms with Gasteiger partial charge in [0, 0.05) is 64.4 Å². The summed E-state index contributed by atoms with van der Waals surface area (Å²) in [5.41, 5.74) is 10.3. The van der Waals surface area contributed by atoms with E-state index in [9.17, 15) is 11.8 Å². The third kappa shape index (κ3) is 4.44. The number of hydrogen-bond acceptors (Lipinski definition) is 3. The molecule has 13 rings (SSSR count). The molecule has 0 N–H and O–H groups in total. The van der Waals surface area contributed by atoms with Crippen LogP contribution in [0.5, 0.6) is 0 Å². The molecule has 0 bridgehead atoms. The Morgan fingerprint density at radius 1 is 0.492 bits per heavy atom. The molecule has 0 saturated carbocycles. The fraction of sp³-hybridized carbons (Fsp3) is 0. The number of aromatic nitrogens is 3. The van der Waals surface area contributed by atoms with Crippen molar-refractivity contribution in [3.05, 3.63) is 193 Å². The average molecular weight is 792 g/mol. The molecule has 0 atom stereocenters. The molecule has 5 nitrogen and oxygen atoms in total. The summed E-state index contributed by atoms with van der Waals surface area (Å²) in [5.74, 6) is 0. The van der Waals surface area contributed by atoms with Crippen molar-refractivity contribution >= 4 is 102 Å². The third-order valence-electron chi connectivity index (χ3n) is 12.6. The molecule has 0 spiro atoms.